The van der Waals surface area contributed by atoms with E-state index in [1.165, 1.54) is 14.2 Å². The van der Waals surface area contributed by atoms with Gasteiger partial charge < -0.3 is 24.3 Å². The molecule has 0 saturated carbocycles. The Labute approximate surface area is 175 Å². The Hall–Kier alpha value is -2.42. The molecule has 2 bridgehead atoms. The first kappa shape index (κ1) is 21.3. The second kappa shape index (κ2) is 9.39. The number of methoxy groups -OCH3 is 2. The highest BCUT2D eigenvalue weighted by Crippen LogP contribution is 2.34. The summed E-state index contributed by atoms with van der Waals surface area (Å²) >= 11 is 5.59. The van der Waals surface area contributed by atoms with Crippen molar-refractivity contribution < 1.29 is 19.1 Å². The molecule has 1 fully saturated rings. The van der Waals surface area contributed by atoms with Gasteiger partial charge in [-0.1, -0.05) is 6.07 Å². The summed E-state index contributed by atoms with van der Waals surface area (Å²) in [6.07, 6.45) is 2.17. The fourth-order valence-electron chi connectivity index (χ4n) is 4.25. The Morgan fingerprint density at radius 3 is 2.76 bits per heavy atom. The van der Waals surface area contributed by atoms with E-state index in [0.29, 0.717) is 37.0 Å². The van der Waals surface area contributed by atoms with E-state index in [4.69, 9.17) is 17.0 Å². The Bertz CT molecular complexity index is 840. The average molecular weight is 422 g/mol. The summed E-state index contributed by atoms with van der Waals surface area (Å²) in [5, 5.41) is 3.62. The van der Waals surface area contributed by atoms with E-state index in [9.17, 15) is 14.4 Å². The second-order valence-electron chi connectivity index (χ2n) is 7.60. The zero-order valence-electron chi connectivity index (χ0n) is 16.8. The number of nitrogens with one attached hydrogen (secondary N) is 1. The molecule has 0 amide bonds. The van der Waals surface area contributed by atoms with Gasteiger partial charge in [0, 0.05) is 43.7 Å². The minimum atomic E-state index is -0.617. The molecule has 3 heterocycles. The zero-order valence-corrected chi connectivity index (χ0v) is 17.6. The number of pyridine rings is 1. The predicted octanol–water partition coefficient (Wildman–Crippen LogP) is 1.03. The molecule has 3 atom stereocenters. The summed E-state index contributed by atoms with van der Waals surface area (Å²) in [5.74, 6) is -0.163. The van der Waals surface area contributed by atoms with Crippen LogP contribution in [-0.2, 0) is 25.6 Å². The SMILES string of the molecule is COC(=O)CCC[C@@H](NC(=S)N1C[C@@H]2C[C@@H](C1)c1cccc(=O)n1C2)C(=O)OC. The van der Waals surface area contributed by atoms with Crippen molar-refractivity contribution in [2.24, 2.45) is 5.92 Å². The number of rotatable bonds is 6. The number of esters is 2. The van der Waals surface area contributed by atoms with Crippen LogP contribution < -0.4 is 10.9 Å². The molecule has 9 heteroatoms. The number of hydrogen-bond acceptors (Lipinski definition) is 6. The van der Waals surface area contributed by atoms with Gasteiger partial charge in [0.25, 0.3) is 5.56 Å². The van der Waals surface area contributed by atoms with Crippen LogP contribution in [0, 0.1) is 5.92 Å². The van der Waals surface area contributed by atoms with Crippen molar-refractivity contribution in [3.05, 3.63) is 34.2 Å². The topological polar surface area (TPSA) is 89.9 Å². The highest BCUT2D eigenvalue weighted by atomic mass is 32.1. The van der Waals surface area contributed by atoms with Crippen molar-refractivity contribution in [1.29, 1.82) is 0 Å². The zero-order chi connectivity index (χ0) is 21.0. The van der Waals surface area contributed by atoms with Crippen molar-refractivity contribution >= 4 is 29.3 Å². The van der Waals surface area contributed by atoms with Gasteiger partial charge >= 0.3 is 11.9 Å². The minimum absolute atomic E-state index is 0.0442. The van der Waals surface area contributed by atoms with Crippen LogP contribution in [0.5, 0.6) is 0 Å². The van der Waals surface area contributed by atoms with Crippen LogP contribution in [0.1, 0.15) is 37.3 Å². The molecule has 2 aliphatic rings. The number of fused-ring (bicyclic) bond motifs is 4. The molecular weight excluding hydrogens is 394 g/mol. The molecule has 1 N–H and O–H groups in total. The third kappa shape index (κ3) is 4.95. The van der Waals surface area contributed by atoms with Crippen LogP contribution in [0.15, 0.2) is 23.0 Å². The van der Waals surface area contributed by atoms with E-state index in [1.807, 2.05) is 10.6 Å². The average Bonchev–Trinajstić information content (AvgIpc) is 2.72. The highest BCUT2D eigenvalue weighted by Gasteiger charge is 2.36. The molecule has 1 saturated heterocycles. The van der Waals surface area contributed by atoms with Gasteiger partial charge in [0.15, 0.2) is 5.11 Å². The lowest BCUT2D eigenvalue weighted by atomic mass is 9.83. The predicted molar refractivity (Wildman–Crippen MR) is 111 cm³/mol. The molecule has 0 unspecified atom stereocenters. The number of likely N-dealkylation sites (tertiary alicyclic amines) is 1. The Morgan fingerprint density at radius 2 is 2.03 bits per heavy atom. The van der Waals surface area contributed by atoms with E-state index in [2.05, 4.69) is 15.0 Å². The molecule has 0 aromatic carbocycles. The maximum absolute atomic E-state index is 12.2. The normalized spacial score (nSPS) is 21.0. The molecule has 3 rings (SSSR count). The van der Waals surface area contributed by atoms with E-state index < -0.39 is 12.0 Å². The summed E-state index contributed by atoms with van der Waals surface area (Å²) < 4.78 is 11.4. The Balaban J connectivity index is 1.64. The van der Waals surface area contributed by atoms with Crippen LogP contribution >= 0.6 is 12.2 Å². The van der Waals surface area contributed by atoms with Crippen molar-refractivity contribution in [3.63, 3.8) is 0 Å². The quantitative estimate of drug-likeness (QED) is 0.538. The van der Waals surface area contributed by atoms with Crippen LogP contribution in [0.4, 0.5) is 0 Å². The number of thiocarbonyl (C=S) groups is 1. The molecule has 158 valence electrons. The van der Waals surface area contributed by atoms with Gasteiger partial charge in [-0.3, -0.25) is 9.59 Å². The summed E-state index contributed by atoms with van der Waals surface area (Å²) in [7, 11) is 2.67. The third-order valence-corrected chi connectivity index (χ3v) is 6.03. The largest absolute Gasteiger partial charge is 0.469 e. The maximum Gasteiger partial charge on any atom is 0.328 e. The van der Waals surface area contributed by atoms with Crippen LogP contribution in [-0.4, -0.2) is 59.9 Å². The van der Waals surface area contributed by atoms with E-state index in [0.717, 1.165) is 18.7 Å². The third-order valence-electron chi connectivity index (χ3n) is 5.65. The fraction of sp³-hybridized carbons (Fsp3) is 0.600. The summed E-state index contributed by atoms with van der Waals surface area (Å²) in [5.41, 5.74) is 1.09. The number of carbonyl (C=O) groups is 2. The van der Waals surface area contributed by atoms with Crippen LogP contribution in [0.3, 0.4) is 0 Å². The number of hydrogen-bond donors (Lipinski definition) is 1. The first-order valence-corrected chi connectivity index (χ1v) is 10.2. The first-order chi connectivity index (χ1) is 13.9. The summed E-state index contributed by atoms with van der Waals surface area (Å²) in [6.45, 7) is 2.12. The standard InChI is InChI=1S/C20H27N3O5S/c1-27-18(25)8-3-5-15(19(26)28-2)21-20(29)22-10-13-9-14(12-22)16-6-4-7-17(24)23(16)11-13/h4,6-7,13-15H,3,5,8-12H2,1-2H3,(H,21,29)/t13-,14-,15+/m0/s1. The maximum atomic E-state index is 12.2. The van der Waals surface area contributed by atoms with E-state index in [1.54, 1.807) is 12.1 Å². The smallest absolute Gasteiger partial charge is 0.328 e. The van der Waals surface area contributed by atoms with Crippen molar-refractivity contribution in [2.75, 3.05) is 27.3 Å². The lowest BCUT2D eigenvalue weighted by Crippen LogP contribution is -2.54. The Kier molecular flexibility index (Phi) is 6.89. The van der Waals surface area contributed by atoms with Gasteiger partial charge in [-0.05, 0) is 43.5 Å². The van der Waals surface area contributed by atoms with Gasteiger partial charge in [0.2, 0.25) is 0 Å². The highest BCUT2D eigenvalue weighted by molar-refractivity contribution is 7.80. The van der Waals surface area contributed by atoms with Crippen molar-refractivity contribution in [3.8, 4) is 0 Å². The second-order valence-corrected chi connectivity index (χ2v) is 7.98. The van der Waals surface area contributed by atoms with Gasteiger partial charge in [-0.15, -0.1) is 0 Å². The molecule has 1 aromatic rings. The van der Waals surface area contributed by atoms with Gasteiger partial charge in [0.1, 0.15) is 6.04 Å². The van der Waals surface area contributed by atoms with Gasteiger partial charge in [-0.25, -0.2) is 4.79 Å². The van der Waals surface area contributed by atoms with Gasteiger partial charge in [0.05, 0.1) is 14.2 Å². The molecule has 29 heavy (non-hydrogen) atoms. The number of nitrogens with zero attached hydrogens (tertiary/aromatic N) is 2. The molecule has 8 nitrogen and oxygen atoms in total. The summed E-state index contributed by atoms with van der Waals surface area (Å²) in [6, 6.07) is 4.79. The molecule has 0 spiro atoms. The minimum Gasteiger partial charge on any atom is -0.469 e. The molecule has 2 aliphatic heterocycles. The van der Waals surface area contributed by atoms with Crippen LogP contribution in [0.2, 0.25) is 0 Å². The monoisotopic (exact) mass is 421 g/mol. The lowest BCUT2D eigenvalue weighted by molar-refractivity contribution is -0.144. The molecule has 1 aromatic heterocycles. The van der Waals surface area contributed by atoms with E-state index >= 15 is 0 Å². The number of carbonyl (C=O) groups excluding carboxylic acids is 2. The Morgan fingerprint density at radius 1 is 1.24 bits per heavy atom. The van der Waals surface area contributed by atoms with Gasteiger partial charge in [-0.2, -0.15) is 0 Å². The number of aromatic nitrogens is 1. The first-order valence-electron chi connectivity index (χ1n) is 9.82. The lowest BCUT2D eigenvalue weighted by Gasteiger charge is -2.44. The van der Waals surface area contributed by atoms with Crippen molar-refractivity contribution in [1.82, 2.24) is 14.8 Å². The molecular formula is C20H27N3O5S. The number of piperidine rings is 1. The molecule has 0 radical (unpaired) electrons. The van der Waals surface area contributed by atoms with Crippen molar-refractivity contribution in [2.45, 2.75) is 44.2 Å². The number of ether oxygens (including phenoxy) is 2. The van der Waals surface area contributed by atoms with E-state index in [-0.39, 0.29) is 23.9 Å². The van der Waals surface area contributed by atoms with Crippen LogP contribution in [0.25, 0.3) is 0 Å². The summed E-state index contributed by atoms with van der Waals surface area (Å²) in [4.78, 5) is 37.7. The molecule has 0 aliphatic carbocycles. The fourth-order valence-corrected chi connectivity index (χ4v) is 4.54.